The summed E-state index contributed by atoms with van der Waals surface area (Å²) in [6.45, 7) is 1.75. The second-order valence-electron chi connectivity index (χ2n) is 5.83. The molecule has 0 spiro atoms. The van der Waals surface area contributed by atoms with Crippen LogP contribution in [0, 0.1) is 6.92 Å². The van der Waals surface area contributed by atoms with Gasteiger partial charge in [0.15, 0.2) is 17.3 Å². The molecule has 0 bridgehead atoms. The number of ether oxygens (including phenoxy) is 3. The molecule has 0 aliphatic heterocycles. The summed E-state index contributed by atoms with van der Waals surface area (Å²) in [5.74, 6) is 2.54. The molecule has 0 saturated carbocycles. The summed E-state index contributed by atoms with van der Waals surface area (Å²) in [6, 6.07) is 8.85. The van der Waals surface area contributed by atoms with E-state index in [4.69, 9.17) is 18.7 Å². The molecule has 152 valence electrons. The molecule has 0 atom stereocenters. The lowest BCUT2D eigenvalue weighted by Gasteiger charge is -2.13. The van der Waals surface area contributed by atoms with Crippen LogP contribution in [0.4, 0.5) is 5.82 Å². The molecular formula is C19H20N4O5S. The highest BCUT2D eigenvalue weighted by Crippen LogP contribution is 2.40. The van der Waals surface area contributed by atoms with Crippen molar-refractivity contribution in [3.8, 4) is 28.5 Å². The maximum Gasteiger partial charge on any atom is 0.236 e. The van der Waals surface area contributed by atoms with Gasteiger partial charge in [-0.3, -0.25) is 4.79 Å². The van der Waals surface area contributed by atoms with E-state index in [1.54, 1.807) is 52.5 Å². The Labute approximate surface area is 171 Å². The van der Waals surface area contributed by atoms with E-state index in [2.05, 4.69) is 20.7 Å². The maximum atomic E-state index is 12.0. The average molecular weight is 416 g/mol. The van der Waals surface area contributed by atoms with E-state index < -0.39 is 0 Å². The zero-order chi connectivity index (χ0) is 20.8. The van der Waals surface area contributed by atoms with Crippen LogP contribution in [-0.2, 0) is 4.79 Å². The van der Waals surface area contributed by atoms with Gasteiger partial charge in [-0.15, -0.1) is 10.2 Å². The third-order valence-corrected chi connectivity index (χ3v) is 4.77. The van der Waals surface area contributed by atoms with Crippen molar-refractivity contribution in [2.45, 2.75) is 11.9 Å². The Morgan fingerprint density at radius 3 is 2.31 bits per heavy atom. The molecule has 0 saturated heterocycles. The summed E-state index contributed by atoms with van der Waals surface area (Å²) < 4.78 is 21.0. The van der Waals surface area contributed by atoms with Crippen LogP contribution >= 0.6 is 11.8 Å². The smallest absolute Gasteiger partial charge is 0.236 e. The molecule has 1 aromatic carbocycles. The van der Waals surface area contributed by atoms with E-state index in [-0.39, 0.29) is 11.7 Å². The molecule has 0 unspecified atom stereocenters. The molecule has 2 aromatic heterocycles. The molecule has 0 fully saturated rings. The van der Waals surface area contributed by atoms with Crippen LogP contribution in [0.15, 0.2) is 39.9 Å². The summed E-state index contributed by atoms with van der Waals surface area (Å²) in [5.41, 5.74) is 1.40. The minimum atomic E-state index is -0.209. The molecule has 1 N–H and O–H groups in total. The molecular weight excluding hydrogens is 396 g/mol. The number of amides is 1. The third-order valence-electron chi connectivity index (χ3n) is 3.85. The molecule has 0 aliphatic rings. The van der Waals surface area contributed by atoms with Crippen molar-refractivity contribution in [1.82, 2.24) is 15.4 Å². The number of thioether (sulfide) groups is 1. The molecule has 10 heteroatoms. The van der Waals surface area contributed by atoms with Crippen LogP contribution in [-0.4, -0.2) is 48.3 Å². The van der Waals surface area contributed by atoms with Gasteiger partial charge in [0.25, 0.3) is 0 Å². The number of nitrogens with one attached hydrogen (secondary N) is 1. The fraction of sp³-hybridized carbons (Fsp3) is 0.263. The Balaban J connectivity index is 1.67. The number of carbonyl (C=O) groups is 1. The number of nitrogens with zero attached hydrogens (tertiary/aromatic N) is 3. The highest BCUT2D eigenvalue weighted by atomic mass is 32.2. The second-order valence-corrected chi connectivity index (χ2v) is 6.83. The molecule has 3 rings (SSSR count). The first-order valence-electron chi connectivity index (χ1n) is 8.54. The van der Waals surface area contributed by atoms with Gasteiger partial charge in [-0.05, 0) is 31.2 Å². The van der Waals surface area contributed by atoms with E-state index in [0.717, 1.165) is 5.56 Å². The van der Waals surface area contributed by atoms with Crippen molar-refractivity contribution >= 4 is 23.5 Å². The van der Waals surface area contributed by atoms with Crippen LogP contribution < -0.4 is 19.5 Å². The predicted octanol–water partition coefficient (Wildman–Crippen LogP) is 3.20. The molecule has 0 radical (unpaired) electrons. The van der Waals surface area contributed by atoms with Gasteiger partial charge < -0.3 is 24.1 Å². The summed E-state index contributed by atoms with van der Waals surface area (Å²) in [7, 11) is 4.65. The van der Waals surface area contributed by atoms with Crippen molar-refractivity contribution in [1.29, 1.82) is 0 Å². The SMILES string of the molecule is COc1cc(-c2ccc(SCC(=O)Nc3cc(C)on3)nn2)cc(OC)c1OC. The minimum absolute atomic E-state index is 0.171. The number of benzene rings is 1. The number of anilines is 1. The summed E-state index contributed by atoms with van der Waals surface area (Å²) >= 11 is 1.27. The Morgan fingerprint density at radius 1 is 1.07 bits per heavy atom. The lowest BCUT2D eigenvalue weighted by Crippen LogP contribution is -2.14. The van der Waals surface area contributed by atoms with Crippen molar-refractivity contribution in [2.75, 3.05) is 32.4 Å². The van der Waals surface area contributed by atoms with E-state index in [1.165, 1.54) is 11.8 Å². The van der Waals surface area contributed by atoms with E-state index in [1.807, 2.05) is 6.07 Å². The Morgan fingerprint density at radius 2 is 1.79 bits per heavy atom. The number of hydrogen-bond donors (Lipinski definition) is 1. The fourth-order valence-corrected chi connectivity index (χ4v) is 3.14. The summed E-state index contributed by atoms with van der Waals surface area (Å²) in [6.07, 6.45) is 0. The molecule has 29 heavy (non-hydrogen) atoms. The first-order chi connectivity index (χ1) is 14.0. The number of rotatable bonds is 8. The Hall–Kier alpha value is -3.27. The molecule has 1 amide bonds. The van der Waals surface area contributed by atoms with Crippen LogP contribution in [0.25, 0.3) is 11.3 Å². The highest BCUT2D eigenvalue weighted by Gasteiger charge is 2.15. The van der Waals surface area contributed by atoms with Gasteiger partial charge in [-0.25, -0.2) is 0 Å². The normalized spacial score (nSPS) is 10.5. The van der Waals surface area contributed by atoms with Crippen molar-refractivity contribution in [3.63, 3.8) is 0 Å². The summed E-state index contributed by atoms with van der Waals surface area (Å²) in [4.78, 5) is 12.0. The van der Waals surface area contributed by atoms with Crippen molar-refractivity contribution in [3.05, 3.63) is 36.1 Å². The van der Waals surface area contributed by atoms with Gasteiger partial charge in [-0.1, -0.05) is 16.9 Å². The zero-order valence-corrected chi connectivity index (χ0v) is 17.2. The zero-order valence-electron chi connectivity index (χ0n) is 16.4. The second kappa shape index (κ2) is 9.28. The summed E-state index contributed by atoms with van der Waals surface area (Å²) in [5, 5.41) is 15.4. The first-order valence-corrected chi connectivity index (χ1v) is 9.52. The average Bonchev–Trinajstić information content (AvgIpc) is 3.15. The van der Waals surface area contributed by atoms with E-state index in [9.17, 15) is 4.79 Å². The molecule has 9 nitrogen and oxygen atoms in total. The predicted molar refractivity (Wildman–Crippen MR) is 108 cm³/mol. The Kier molecular flexibility index (Phi) is 6.55. The number of aromatic nitrogens is 3. The van der Waals surface area contributed by atoms with Gasteiger partial charge in [-0.2, -0.15) is 0 Å². The lowest BCUT2D eigenvalue weighted by atomic mass is 10.1. The number of hydrogen-bond acceptors (Lipinski definition) is 9. The van der Waals surface area contributed by atoms with Gasteiger partial charge >= 0.3 is 0 Å². The lowest BCUT2D eigenvalue weighted by molar-refractivity contribution is -0.113. The van der Waals surface area contributed by atoms with Crippen LogP contribution in [0.5, 0.6) is 17.2 Å². The number of carbonyl (C=O) groups excluding carboxylic acids is 1. The minimum Gasteiger partial charge on any atom is -0.493 e. The molecule has 2 heterocycles. The van der Waals surface area contributed by atoms with Crippen molar-refractivity contribution in [2.24, 2.45) is 0 Å². The quantitative estimate of drug-likeness (QED) is 0.554. The van der Waals surface area contributed by atoms with Gasteiger partial charge in [0, 0.05) is 11.6 Å². The highest BCUT2D eigenvalue weighted by molar-refractivity contribution is 7.99. The standard InChI is InChI=1S/C19H20N4O5S/c1-11-7-16(23-28-11)20-17(24)10-29-18-6-5-13(21-22-18)12-8-14(25-2)19(27-4)15(9-12)26-3/h5-9H,10H2,1-4H3,(H,20,23,24). The van der Waals surface area contributed by atoms with Crippen LogP contribution in [0.2, 0.25) is 0 Å². The fourth-order valence-electron chi connectivity index (χ4n) is 2.52. The molecule has 0 aliphatic carbocycles. The first kappa shape index (κ1) is 20.5. The van der Waals surface area contributed by atoms with Gasteiger partial charge in [0.2, 0.25) is 11.7 Å². The largest absolute Gasteiger partial charge is 0.493 e. The maximum absolute atomic E-state index is 12.0. The van der Waals surface area contributed by atoms with Gasteiger partial charge in [0.05, 0.1) is 32.8 Å². The van der Waals surface area contributed by atoms with Gasteiger partial charge in [0.1, 0.15) is 10.8 Å². The van der Waals surface area contributed by atoms with Crippen molar-refractivity contribution < 1.29 is 23.5 Å². The van der Waals surface area contributed by atoms with Crippen LogP contribution in [0.3, 0.4) is 0 Å². The molecule has 3 aromatic rings. The third kappa shape index (κ3) is 4.96. The Bertz CT molecular complexity index is 966. The van der Waals surface area contributed by atoms with Crippen LogP contribution in [0.1, 0.15) is 5.76 Å². The van der Waals surface area contributed by atoms with E-state index >= 15 is 0 Å². The number of aryl methyl sites for hydroxylation is 1. The monoisotopic (exact) mass is 416 g/mol. The number of methoxy groups -OCH3 is 3. The topological polar surface area (TPSA) is 109 Å². The van der Waals surface area contributed by atoms with E-state index in [0.29, 0.717) is 39.5 Å².